The van der Waals surface area contributed by atoms with Crippen LogP contribution in [0.15, 0.2) is 65.6 Å². The van der Waals surface area contributed by atoms with Crippen molar-refractivity contribution in [1.82, 2.24) is 14.7 Å². The van der Waals surface area contributed by atoms with Crippen molar-refractivity contribution in [2.24, 2.45) is 0 Å². The summed E-state index contributed by atoms with van der Waals surface area (Å²) in [6.45, 7) is 3.87. The molecule has 0 unspecified atom stereocenters. The van der Waals surface area contributed by atoms with Crippen LogP contribution in [0.25, 0.3) is 0 Å². The van der Waals surface area contributed by atoms with Crippen LogP contribution >= 0.6 is 0 Å². The normalized spacial score (nSPS) is 14.1. The number of aromatic nitrogens is 2. The summed E-state index contributed by atoms with van der Waals surface area (Å²) in [5.74, 6) is 2.58. The summed E-state index contributed by atoms with van der Waals surface area (Å²) in [7, 11) is -3.69. The summed E-state index contributed by atoms with van der Waals surface area (Å²) >= 11 is 0. The quantitative estimate of drug-likeness (QED) is 0.623. The Morgan fingerprint density at radius 2 is 1.63 bits per heavy atom. The van der Waals surface area contributed by atoms with E-state index in [9.17, 15) is 8.42 Å². The van der Waals surface area contributed by atoms with Crippen molar-refractivity contribution in [3.63, 3.8) is 0 Å². The van der Waals surface area contributed by atoms with Gasteiger partial charge >= 0.3 is 0 Å². The largest absolute Gasteiger partial charge is 0.457 e. The molecule has 2 heterocycles. The molecule has 1 aliphatic rings. The van der Waals surface area contributed by atoms with Gasteiger partial charge < -0.3 is 9.64 Å². The van der Waals surface area contributed by atoms with Crippen molar-refractivity contribution in [2.45, 2.75) is 31.2 Å². The van der Waals surface area contributed by atoms with Gasteiger partial charge in [-0.25, -0.2) is 23.1 Å². The van der Waals surface area contributed by atoms with Gasteiger partial charge in [0.1, 0.15) is 23.1 Å². The van der Waals surface area contributed by atoms with E-state index in [-0.39, 0.29) is 11.4 Å². The molecule has 1 fully saturated rings. The molecule has 0 amide bonds. The molecule has 0 saturated carbocycles. The number of sulfonamides is 1. The number of nitrogens with one attached hydrogen (secondary N) is 1. The molecule has 1 aromatic heterocycles. The second-order valence-electron chi connectivity index (χ2n) is 7.19. The average molecular weight is 425 g/mol. The van der Waals surface area contributed by atoms with E-state index < -0.39 is 10.0 Å². The van der Waals surface area contributed by atoms with Gasteiger partial charge in [-0.1, -0.05) is 18.2 Å². The second-order valence-corrected chi connectivity index (χ2v) is 8.96. The summed E-state index contributed by atoms with van der Waals surface area (Å²) in [5, 5.41) is 0. The number of aryl methyl sites for hydroxylation is 1. The number of para-hydroxylation sites is 1. The fraction of sp³-hybridized carbons (Fsp3) is 0.273. The first-order valence-electron chi connectivity index (χ1n) is 9.92. The molecule has 4 rings (SSSR count). The lowest BCUT2D eigenvalue weighted by Crippen LogP contribution is -2.26. The van der Waals surface area contributed by atoms with Crippen molar-refractivity contribution in [1.29, 1.82) is 0 Å². The van der Waals surface area contributed by atoms with Gasteiger partial charge in [0.05, 0.1) is 11.4 Å². The molecule has 30 heavy (non-hydrogen) atoms. The van der Waals surface area contributed by atoms with Crippen LogP contribution in [-0.2, 0) is 16.6 Å². The number of ether oxygens (including phenoxy) is 1. The standard InChI is InChI=1S/C22H24N4O3S/c1-17-15-22(26-13-5-6-14-26)25-21(24-17)16-23-30(27,28)20-11-9-19(10-12-20)29-18-7-3-2-4-8-18/h2-4,7-12,15,23H,5-6,13-14,16H2,1H3. The Hall–Kier alpha value is -2.97. The topological polar surface area (TPSA) is 84.4 Å². The van der Waals surface area contributed by atoms with Gasteiger partial charge in [-0.05, 0) is 56.2 Å². The molecule has 0 atom stereocenters. The van der Waals surface area contributed by atoms with E-state index in [4.69, 9.17) is 4.74 Å². The Bertz CT molecular complexity index is 1100. The Morgan fingerprint density at radius 3 is 2.33 bits per heavy atom. The molecular weight excluding hydrogens is 400 g/mol. The highest BCUT2D eigenvalue weighted by Gasteiger charge is 2.17. The fourth-order valence-corrected chi connectivity index (χ4v) is 4.33. The van der Waals surface area contributed by atoms with Crippen LogP contribution in [0.5, 0.6) is 11.5 Å². The molecule has 0 radical (unpaired) electrons. The Balaban J connectivity index is 1.43. The third kappa shape index (κ3) is 4.95. The highest BCUT2D eigenvalue weighted by molar-refractivity contribution is 7.89. The zero-order chi connectivity index (χ0) is 21.0. The molecule has 2 aromatic carbocycles. The minimum absolute atomic E-state index is 0.0348. The monoisotopic (exact) mass is 424 g/mol. The van der Waals surface area contributed by atoms with Gasteiger partial charge in [-0.15, -0.1) is 0 Å². The SMILES string of the molecule is Cc1cc(N2CCCC2)nc(CNS(=O)(=O)c2ccc(Oc3ccccc3)cc2)n1. The first kappa shape index (κ1) is 20.3. The van der Waals surface area contributed by atoms with Crippen molar-refractivity contribution in [3.05, 3.63) is 72.2 Å². The molecule has 7 nitrogen and oxygen atoms in total. The molecular formula is C22H24N4O3S. The first-order chi connectivity index (χ1) is 14.5. The molecule has 1 saturated heterocycles. The number of hydrogen-bond donors (Lipinski definition) is 1. The minimum Gasteiger partial charge on any atom is -0.457 e. The molecule has 0 bridgehead atoms. The number of benzene rings is 2. The Morgan fingerprint density at radius 1 is 0.967 bits per heavy atom. The molecule has 0 aliphatic carbocycles. The zero-order valence-corrected chi connectivity index (χ0v) is 17.6. The van der Waals surface area contributed by atoms with Crippen LogP contribution < -0.4 is 14.4 Å². The number of nitrogens with zero attached hydrogens (tertiary/aromatic N) is 3. The maximum absolute atomic E-state index is 12.7. The maximum atomic E-state index is 12.7. The summed E-state index contributed by atoms with van der Waals surface area (Å²) in [6, 6.07) is 17.6. The summed E-state index contributed by atoms with van der Waals surface area (Å²) in [4.78, 5) is 11.3. The minimum atomic E-state index is -3.69. The molecule has 0 spiro atoms. The van der Waals surface area contributed by atoms with Gasteiger partial charge in [0.2, 0.25) is 10.0 Å². The van der Waals surface area contributed by atoms with Crippen molar-refractivity contribution < 1.29 is 13.2 Å². The van der Waals surface area contributed by atoms with Crippen molar-refractivity contribution >= 4 is 15.8 Å². The summed E-state index contributed by atoms with van der Waals surface area (Å²) < 4.78 is 33.7. The number of rotatable bonds is 7. The predicted molar refractivity (Wildman–Crippen MR) is 115 cm³/mol. The Kier molecular flexibility index (Phi) is 5.96. The molecule has 8 heteroatoms. The third-order valence-electron chi connectivity index (χ3n) is 4.85. The van der Waals surface area contributed by atoms with Crippen LogP contribution in [0.3, 0.4) is 0 Å². The van der Waals surface area contributed by atoms with Crippen LogP contribution in [0, 0.1) is 6.92 Å². The van der Waals surface area contributed by atoms with E-state index >= 15 is 0 Å². The lowest BCUT2D eigenvalue weighted by Gasteiger charge is -2.17. The highest BCUT2D eigenvalue weighted by Crippen LogP contribution is 2.23. The van der Waals surface area contributed by atoms with E-state index in [0.29, 0.717) is 17.3 Å². The zero-order valence-electron chi connectivity index (χ0n) is 16.8. The lowest BCUT2D eigenvalue weighted by atomic mass is 10.3. The molecule has 156 valence electrons. The smallest absolute Gasteiger partial charge is 0.240 e. The van der Waals surface area contributed by atoms with Gasteiger partial charge in [0, 0.05) is 24.8 Å². The molecule has 1 N–H and O–H groups in total. The van der Waals surface area contributed by atoms with E-state index in [1.807, 2.05) is 43.3 Å². The van der Waals surface area contributed by atoms with Crippen molar-refractivity contribution in [3.8, 4) is 11.5 Å². The van der Waals surface area contributed by atoms with Crippen molar-refractivity contribution in [2.75, 3.05) is 18.0 Å². The van der Waals surface area contributed by atoms with Gasteiger partial charge in [0.25, 0.3) is 0 Å². The van der Waals surface area contributed by atoms with Gasteiger partial charge in [-0.2, -0.15) is 0 Å². The first-order valence-corrected chi connectivity index (χ1v) is 11.4. The fourth-order valence-electron chi connectivity index (χ4n) is 3.35. The summed E-state index contributed by atoms with van der Waals surface area (Å²) in [6.07, 6.45) is 2.30. The molecule has 1 aliphatic heterocycles. The summed E-state index contributed by atoms with van der Waals surface area (Å²) in [5.41, 5.74) is 0.823. The van der Waals surface area contributed by atoms with Crippen LogP contribution in [0.2, 0.25) is 0 Å². The highest BCUT2D eigenvalue weighted by atomic mass is 32.2. The lowest BCUT2D eigenvalue weighted by molar-refractivity contribution is 0.482. The van der Waals surface area contributed by atoms with E-state index in [0.717, 1.165) is 37.4 Å². The number of anilines is 1. The van der Waals surface area contributed by atoms with Gasteiger partial charge in [0.15, 0.2) is 0 Å². The van der Waals surface area contributed by atoms with Crippen LogP contribution in [0.4, 0.5) is 5.82 Å². The third-order valence-corrected chi connectivity index (χ3v) is 6.27. The van der Waals surface area contributed by atoms with Crippen LogP contribution in [-0.4, -0.2) is 31.5 Å². The van der Waals surface area contributed by atoms with E-state index in [1.54, 1.807) is 12.1 Å². The van der Waals surface area contributed by atoms with Gasteiger partial charge in [-0.3, -0.25) is 0 Å². The van der Waals surface area contributed by atoms with E-state index in [1.165, 1.54) is 12.1 Å². The van der Waals surface area contributed by atoms with E-state index in [2.05, 4.69) is 19.6 Å². The Labute approximate surface area is 176 Å². The predicted octanol–water partition coefficient (Wildman–Crippen LogP) is 3.66. The number of hydrogen-bond acceptors (Lipinski definition) is 6. The maximum Gasteiger partial charge on any atom is 0.240 e. The average Bonchev–Trinajstić information content (AvgIpc) is 3.28. The second kappa shape index (κ2) is 8.81. The van der Waals surface area contributed by atoms with Crippen LogP contribution in [0.1, 0.15) is 24.4 Å². The molecule has 3 aromatic rings.